The highest BCUT2D eigenvalue weighted by Gasteiger charge is 2.19. The fourth-order valence-electron chi connectivity index (χ4n) is 2.37. The molecule has 0 aliphatic carbocycles. The first-order valence-corrected chi connectivity index (χ1v) is 6.74. The quantitative estimate of drug-likeness (QED) is 0.857. The van der Waals surface area contributed by atoms with Gasteiger partial charge in [0.2, 0.25) is 5.91 Å². The minimum atomic E-state index is -0.0348. The number of rotatable bonds is 3. The zero-order valence-electron chi connectivity index (χ0n) is 11.3. The maximum Gasteiger partial charge on any atom is 0.237 e. The van der Waals surface area contributed by atoms with Crippen molar-refractivity contribution in [1.82, 2.24) is 10.6 Å². The highest BCUT2D eigenvalue weighted by atomic mass is 16.2. The van der Waals surface area contributed by atoms with Crippen molar-refractivity contribution in [2.24, 2.45) is 0 Å². The van der Waals surface area contributed by atoms with Gasteiger partial charge in [-0.1, -0.05) is 18.2 Å². The van der Waals surface area contributed by atoms with Crippen LogP contribution in [-0.4, -0.2) is 18.5 Å². The Morgan fingerprint density at radius 1 is 1.33 bits per heavy atom. The topological polar surface area (TPSA) is 41.1 Å². The fraction of sp³-hybridized carbons (Fsp3) is 0.533. The molecule has 0 spiro atoms. The summed E-state index contributed by atoms with van der Waals surface area (Å²) in [6.45, 7) is 5.85. The lowest BCUT2D eigenvalue weighted by molar-refractivity contribution is -0.122. The van der Waals surface area contributed by atoms with Crippen LogP contribution in [0.25, 0.3) is 0 Å². The monoisotopic (exact) mass is 246 g/mol. The van der Waals surface area contributed by atoms with E-state index in [9.17, 15) is 4.79 Å². The van der Waals surface area contributed by atoms with Crippen LogP contribution in [0.1, 0.15) is 36.0 Å². The molecule has 0 saturated carbocycles. The van der Waals surface area contributed by atoms with Gasteiger partial charge >= 0.3 is 0 Å². The van der Waals surface area contributed by atoms with Crippen molar-refractivity contribution in [1.29, 1.82) is 0 Å². The van der Waals surface area contributed by atoms with Crippen LogP contribution >= 0.6 is 0 Å². The first-order chi connectivity index (χ1) is 8.68. The van der Waals surface area contributed by atoms with Crippen molar-refractivity contribution in [3.05, 3.63) is 34.9 Å². The van der Waals surface area contributed by atoms with E-state index >= 15 is 0 Å². The van der Waals surface area contributed by atoms with Crippen molar-refractivity contribution in [2.75, 3.05) is 6.54 Å². The average molecular weight is 246 g/mol. The molecule has 18 heavy (non-hydrogen) atoms. The van der Waals surface area contributed by atoms with E-state index in [0.29, 0.717) is 0 Å². The lowest BCUT2D eigenvalue weighted by Gasteiger charge is -2.16. The van der Waals surface area contributed by atoms with Gasteiger partial charge in [-0.2, -0.15) is 0 Å². The normalized spacial score (nSPS) is 20.3. The number of aryl methyl sites for hydroxylation is 1. The maximum absolute atomic E-state index is 11.8. The van der Waals surface area contributed by atoms with Crippen molar-refractivity contribution in [3.8, 4) is 0 Å². The van der Waals surface area contributed by atoms with Crippen LogP contribution in [0.3, 0.4) is 0 Å². The predicted molar refractivity (Wildman–Crippen MR) is 73.4 cm³/mol. The van der Waals surface area contributed by atoms with Crippen LogP contribution < -0.4 is 10.6 Å². The summed E-state index contributed by atoms with van der Waals surface area (Å²) in [4.78, 5) is 11.8. The lowest BCUT2D eigenvalue weighted by atomic mass is 10.0. The fourth-order valence-corrected chi connectivity index (χ4v) is 2.37. The molecule has 1 atom stereocenters. The van der Waals surface area contributed by atoms with Crippen LogP contribution in [-0.2, 0) is 11.3 Å². The van der Waals surface area contributed by atoms with Gasteiger partial charge in [-0.05, 0) is 49.8 Å². The third-order valence-corrected chi connectivity index (χ3v) is 3.79. The molecule has 0 aromatic heterocycles. The van der Waals surface area contributed by atoms with Gasteiger partial charge in [-0.15, -0.1) is 0 Å². The number of amides is 1. The van der Waals surface area contributed by atoms with Crippen LogP contribution in [0.5, 0.6) is 0 Å². The number of hydrogen-bond acceptors (Lipinski definition) is 2. The number of benzene rings is 1. The Morgan fingerprint density at radius 2 is 2.17 bits per heavy atom. The Bertz CT molecular complexity index is 429. The zero-order valence-corrected chi connectivity index (χ0v) is 11.3. The Morgan fingerprint density at radius 3 is 3.00 bits per heavy atom. The summed E-state index contributed by atoms with van der Waals surface area (Å²) in [5, 5.41) is 6.34. The summed E-state index contributed by atoms with van der Waals surface area (Å²) in [5.74, 6) is 0.151. The molecule has 0 unspecified atom stereocenters. The second-order valence-corrected chi connectivity index (χ2v) is 5.08. The highest BCUT2D eigenvalue weighted by Crippen LogP contribution is 2.13. The van der Waals surface area contributed by atoms with Gasteiger partial charge in [-0.25, -0.2) is 0 Å². The molecule has 0 radical (unpaired) electrons. The molecule has 1 heterocycles. The zero-order chi connectivity index (χ0) is 13.0. The average Bonchev–Trinajstić information content (AvgIpc) is 2.56. The molecule has 2 N–H and O–H groups in total. The second kappa shape index (κ2) is 6.01. The Balaban J connectivity index is 1.98. The van der Waals surface area contributed by atoms with Gasteiger partial charge in [0, 0.05) is 13.1 Å². The molecule has 98 valence electrons. The maximum atomic E-state index is 11.8. The van der Waals surface area contributed by atoms with E-state index in [2.05, 4.69) is 42.7 Å². The summed E-state index contributed by atoms with van der Waals surface area (Å²) >= 11 is 0. The Kier molecular flexibility index (Phi) is 4.37. The molecular weight excluding hydrogens is 224 g/mol. The van der Waals surface area contributed by atoms with E-state index in [4.69, 9.17) is 0 Å². The van der Waals surface area contributed by atoms with Crippen molar-refractivity contribution < 1.29 is 4.79 Å². The van der Waals surface area contributed by atoms with E-state index in [1.807, 2.05) is 0 Å². The number of carbonyl (C=O) groups is 1. The van der Waals surface area contributed by atoms with E-state index in [1.165, 1.54) is 16.7 Å². The highest BCUT2D eigenvalue weighted by molar-refractivity contribution is 5.81. The first-order valence-electron chi connectivity index (χ1n) is 6.74. The molecule has 1 fully saturated rings. The largest absolute Gasteiger partial charge is 0.355 e. The summed E-state index contributed by atoms with van der Waals surface area (Å²) in [5.41, 5.74) is 3.91. The predicted octanol–water partition coefficient (Wildman–Crippen LogP) is 2.06. The SMILES string of the molecule is Cc1cccc(CN[C@@H]2CCCCNC2=O)c1C. The number of nitrogens with one attached hydrogen (secondary N) is 2. The molecular formula is C15H22N2O. The first kappa shape index (κ1) is 13.1. The van der Waals surface area contributed by atoms with E-state index in [1.54, 1.807) is 0 Å². The van der Waals surface area contributed by atoms with Gasteiger partial charge in [0.25, 0.3) is 0 Å². The third-order valence-electron chi connectivity index (χ3n) is 3.79. The van der Waals surface area contributed by atoms with E-state index in [-0.39, 0.29) is 11.9 Å². The van der Waals surface area contributed by atoms with Crippen LogP contribution in [0.15, 0.2) is 18.2 Å². The molecule has 1 aromatic carbocycles. The molecule has 3 heteroatoms. The van der Waals surface area contributed by atoms with Crippen LogP contribution in [0.4, 0.5) is 0 Å². The van der Waals surface area contributed by atoms with E-state index < -0.39 is 0 Å². The Hall–Kier alpha value is -1.35. The molecule has 1 saturated heterocycles. The minimum Gasteiger partial charge on any atom is -0.355 e. The van der Waals surface area contributed by atoms with E-state index in [0.717, 1.165) is 32.4 Å². The molecule has 1 aromatic rings. The molecule has 1 aliphatic heterocycles. The second-order valence-electron chi connectivity index (χ2n) is 5.08. The third kappa shape index (κ3) is 3.10. The van der Waals surface area contributed by atoms with Crippen molar-refractivity contribution in [3.63, 3.8) is 0 Å². The molecule has 1 aliphatic rings. The van der Waals surface area contributed by atoms with Gasteiger partial charge < -0.3 is 10.6 Å². The van der Waals surface area contributed by atoms with Gasteiger partial charge in [-0.3, -0.25) is 4.79 Å². The molecule has 3 nitrogen and oxygen atoms in total. The lowest BCUT2D eigenvalue weighted by Crippen LogP contribution is -2.42. The smallest absolute Gasteiger partial charge is 0.237 e. The van der Waals surface area contributed by atoms with Crippen molar-refractivity contribution >= 4 is 5.91 Å². The summed E-state index contributed by atoms with van der Waals surface area (Å²) in [6.07, 6.45) is 3.15. The minimum absolute atomic E-state index is 0.0348. The molecule has 2 rings (SSSR count). The van der Waals surface area contributed by atoms with Gasteiger partial charge in [0.05, 0.1) is 6.04 Å². The van der Waals surface area contributed by atoms with Gasteiger partial charge in [0.15, 0.2) is 0 Å². The van der Waals surface area contributed by atoms with Gasteiger partial charge in [0.1, 0.15) is 0 Å². The molecule has 1 amide bonds. The summed E-state index contributed by atoms with van der Waals surface area (Å²) < 4.78 is 0. The number of carbonyl (C=O) groups excluding carboxylic acids is 1. The Labute approximate surface area is 109 Å². The standard InChI is InChI=1S/C15H22N2O/c1-11-6-5-7-13(12(11)2)10-17-14-8-3-4-9-16-15(14)18/h5-7,14,17H,3-4,8-10H2,1-2H3,(H,16,18)/t14-/m1/s1. The summed E-state index contributed by atoms with van der Waals surface area (Å²) in [6, 6.07) is 6.29. The van der Waals surface area contributed by atoms with Crippen molar-refractivity contribution in [2.45, 2.75) is 45.7 Å². The number of hydrogen-bond donors (Lipinski definition) is 2. The summed E-state index contributed by atoms with van der Waals surface area (Å²) in [7, 11) is 0. The molecule has 0 bridgehead atoms. The van der Waals surface area contributed by atoms with Crippen LogP contribution in [0, 0.1) is 13.8 Å². The van der Waals surface area contributed by atoms with Crippen LogP contribution in [0.2, 0.25) is 0 Å².